The van der Waals surface area contributed by atoms with Crippen molar-refractivity contribution in [2.75, 3.05) is 6.61 Å². The third kappa shape index (κ3) is 4.21. The van der Waals surface area contributed by atoms with Crippen LogP contribution in [0.4, 0.5) is 4.79 Å². The van der Waals surface area contributed by atoms with Gasteiger partial charge in [-0.2, -0.15) is 0 Å². The van der Waals surface area contributed by atoms with Gasteiger partial charge < -0.3 is 9.47 Å². The van der Waals surface area contributed by atoms with Gasteiger partial charge in [0.15, 0.2) is 0 Å². The second kappa shape index (κ2) is 5.74. The summed E-state index contributed by atoms with van der Waals surface area (Å²) in [6.07, 6.45) is 0.997. The van der Waals surface area contributed by atoms with Crippen LogP contribution < -0.4 is 5.32 Å². The van der Waals surface area contributed by atoms with Gasteiger partial charge in [0.2, 0.25) is 0 Å². The molecule has 1 amide bonds. The van der Waals surface area contributed by atoms with E-state index in [0.29, 0.717) is 13.0 Å². The number of carbonyl (C=O) groups is 1. The first-order chi connectivity index (χ1) is 9.28. The molecule has 5 heteroatoms. The first-order valence-corrected chi connectivity index (χ1v) is 7.47. The van der Waals surface area contributed by atoms with Crippen LogP contribution in [0.5, 0.6) is 0 Å². The number of hydrogen-bond donors (Lipinski definition) is 1. The van der Waals surface area contributed by atoms with Crippen LogP contribution in [-0.2, 0) is 15.9 Å². The van der Waals surface area contributed by atoms with E-state index in [4.69, 9.17) is 9.47 Å². The first kappa shape index (κ1) is 15.3. The molecule has 1 aliphatic heterocycles. The van der Waals surface area contributed by atoms with Gasteiger partial charge in [-0.1, -0.05) is 28.1 Å². The number of hydrogen-bond acceptors (Lipinski definition) is 3. The number of benzene rings is 1. The van der Waals surface area contributed by atoms with Crippen LogP contribution in [0.1, 0.15) is 32.8 Å². The van der Waals surface area contributed by atoms with Crippen LogP contribution in [0.2, 0.25) is 0 Å². The molecule has 1 aromatic carbocycles. The molecule has 1 fully saturated rings. The summed E-state index contributed by atoms with van der Waals surface area (Å²) in [5.74, 6) is 0. The number of alkyl carbamates (subject to hydrolysis) is 1. The van der Waals surface area contributed by atoms with E-state index in [-0.39, 0.29) is 0 Å². The predicted octanol–water partition coefficient (Wildman–Crippen LogP) is 3.63. The molecular weight excluding hydrogens is 322 g/mol. The van der Waals surface area contributed by atoms with Gasteiger partial charge in [-0.05, 0) is 38.5 Å². The summed E-state index contributed by atoms with van der Waals surface area (Å²) in [4.78, 5) is 11.9. The molecule has 2 rings (SSSR count). The molecule has 1 atom stereocenters. The molecule has 0 spiro atoms. The van der Waals surface area contributed by atoms with E-state index in [1.54, 1.807) is 0 Å². The number of halogens is 1. The van der Waals surface area contributed by atoms with Gasteiger partial charge in [-0.3, -0.25) is 5.32 Å². The van der Waals surface area contributed by atoms with Gasteiger partial charge in [-0.15, -0.1) is 0 Å². The first-order valence-electron chi connectivity index (χ1n) is 6.68. The second-order valence-corrected chi connectivity index (χ2v) is 6.94. The predicted molar refractivity (Wildman–Crippen MR) is 80.5 cm³/mol. The highest BCUT2D eigenvalue weighted by Gasteiger charge is 2.41. The second-order valence-electron chi connectivity index (χ2n) is 6.02. The van der Waals surface area contributed by atoms with E-state index in [1.165, 1.54) is 0 Å². The molecule has 110 valence electrons. The minimum atomic E-state index is -0.629. The van der Waals surface area contributed by atoms with Gasteiger partial charge in [-0.25, -0.2) is 4.79 Å². The molecule has 1 aromatic rings. The van der Waals surface area contributed by atoms with E-state index in [0.717, 1.165) is 16.5 Å². The Balaban J connectivity index is 1.99. The Morgan fingerprint density at radius 1 is 1.40 bits per heavy atom. The quantitative estimate of drug-likeness (QED) is 0.912. The van der Waals surface area contributed by atoms with Gasteiger partial charge in [0.1, 0.15) is 11.3 Å². The maximum Gasteiger partial charge on any atom is 0.409 e. The molecule has 1 heterocycles. The molecule has 4 nitrogen and oxygen atoms in total. The highest BCUT2D eigenvalue weighted by atomic mass is 79.9. The Morgan fingerprint density at radius 3 is 2.45 bits per heavy atom. The van der Waals surface area contributed by atoms with E-state index in [9.17, 15) is 4.79 Å². The molecular formula is C15H20BrNO3. The third-order valence-corrected chi connectivity index (χ3v) is 3.54. The molecule has 0 saturated carbocycles. The summed E-state index contributed by atoms with van der Waals surface area (Å²) in [5, 5.41) is 2.85. The van der Waals surface area contributed by atoms with Gasteiger partial charge >= 0.3 is 6.09 Å². The summed E-state index contributed by atoms with van der Waals surface area (Å²) in [6, 6.07) is 8.00. The van der Waals surface area contributed by atoms with Crippen LogP contribution in [0.3, 0.4) is 0 Å². The van der Waals surface area contributed by atoms with Crippen LogP contribution in [0.15, 0.2) is 28.7 Å². The molecule has 20 heavy (non-hydrogen) atoms. The maximum absolute atomic E-state index is 11.9. The number of amides is 1. The molecule has 1 unspecified atom stereocenters. The Labute approximate surface area is 128 Å². The fourth-order valence-electron chi connectivity index (χ4n) is 2.05. The number of carbonyl (C=O) groups excluding carboxylic acids is 1. The molecule has 0 aromatic heterocycles. The minimum Gasteiger partial charge on any atom is -0.444 e. The van der Waals surface area contributed by atoms with E-state index in [2.05, 4.69) is 21.2 Å². The molecule has 0 aliphatic carbocycles. The lowest BCUT2D eigenvalue weighted by molar-refractivity contribution is -0.164. The summed E-state index contributed by atoms with van der Waals surface area (Å²) < 4.78 is 11.9. The molecule has 0 bridgehead atoms. The van der Waals surface area contributed by atoms with E-state index >= 15 is 0 Å². The fourth-order valence-corrected chi connectivity index (χ4v) is 2.32. The van der Waals surface area contributed by atoms with Crippen molar-refractivity contribution in [3.8, 4) is 0 Å². The topological polar surface area (TPSA) is 47.6 Å². The lowest BCUT2D eigenvalue weighted by Crippen LogP contribution is -2.59. The summed E-state index contributed by atoms with van der Waals surface area (Å²) in [6.45, 7) is 6.19. The van der Waals surface area contributed by atoms with Crippen molar-refractivity contribution in [3.63, 3.8) is 0 Å². The summed E-state index contributed by atoms with van der Waals surface area (Å²) >= 11 is 3.41. The zero-order chi connectivity index (χ0) is 14.8. The SMILES string of the molecule is CC(C)(C)OC(=O)NC1(Cc2ccc(Br)cc2)CCO1. The largest absolute Gasteiger partial charge is 0.444 e. The van der Waals surface area contributed by atoms with Gasteiger partial charge in [0.05, 0.1) is 6.61 Å². The van der Waals surface area contributed by atoms with Crippen LogP contribution in [-0.4, -0.2) is 24.0 Å². The monoisotopic (exact) mass is 341 g/mol. The highest BCUT2D eigenvalue weighted by Crippen LogP contribution is 2.28. The Hall–Kier alpha value is -1.07. The van der Waals surface area contributed by atoms with Crippen LogP contribution in [0, 0.1) is 0 Å². The zero-order valence-electron chi connectivity index (χ0n) is 12.0. The van der Waals surface area contributed by atoms with Crippen molar-refractivity contribution in [2.45, 2.75) is 44.9 Å². The Morgan fingerprint density at radius 2 is 2.00 bits per heavy atom. The smallest absolute Gasteiger partial charge is 0.409 e. The normalized spacial score (nSPS) is 22.0. The fraction of sp³-hybridized carbons (Fsp3) is 0.533. The minimum absolute atomic E-state index is 0.436. The standard InChI is InChI=1S/C15H20BrNO3/c1-14(2,3)20-13(18)17-15(8-9-19-15)10-11-4-6-12(16)7-5-11/h4-7H,8-10H2,1-3H3,(H,17,18). The lowest BCUT2D eigenvalue weighted by atomic mass is 9.96. The third-order valence-electron chi connectivity index (χ3n) is 3.02. The maximum atomic E-state index is 11.9. The van der Waals surface area contributed by atoms with Crippen molar-refractivity contribution < 1.29 is 14.3 Å². The number of ether oxygens (including phenoxy) is 2. The average molecular weight is 342 g/mol. The van der Waals surface area contributed by atoms with Crippen molar-refractivity contribution in [1.29, 1.82) is 0 Å². The number of nitrogens with one attached hydrogen (secondary N) is 1. The van der Waals surface area contributed by atoms with Crippen LogP contribution in [0.25, 0.3) is 0 Å². The summed E-state index contributed by atoms with van der Waals surface area (Å²) in [7, 11) is 0. The number of rotatable bonds is 3. The average Bonchev–Trinajstić information content (AvgIpc) is 2.26. The van der Waals surface area contributed by atoms with Gasteiger partial charge in [0.25, 0.3) is 0 Å². The molecule has 1 saturated heterocycles. The van der Waals surface area contributed by atoms with Crippen molar-refractivity contribution in [3.05, 3.63) is 34.3 Å². The molecule has 1 N–H and O–H groups in total. The molecule has 0 radical (unpaired) electrons. The summed E-state index contributed by atoms with van der Waals surface area (Å²) in [5.41, 5.74) is -0.0213. The van der Waals surface area contributed by atoms with Crippen molar-refractivity contribution >= 4 is 22.0 Å². The lowest BCUT2D eigenvalue weighted by Gasteiger charge is -2.42. The molecule has 1 aliphatic rings. The zero-order valence-corrected chi connectivity index (χ0v) is 13.6. The highest BCUT2D eigenvalue weighted by molar-refractivity contribution is 9.10. The van der Waals surface area contributed by atoms with E-state index < -0.39 is 17.4 Å². The van der Waals surface area contributed by atoms with Crippen molar-refractivity contribution in [2.24, 2.45) is 0 Å². The van der Waals surface area contributed by atoms with Crippen molar-refractivity contribution in [1.82, 2.24) is 5.32 Å². The Kier molecular flexibility index (Phi) is 4.39. The Bertz CT molecular complexity index is 475. The van der Waals surface area contributed by atoms with Crippen LogP contribution >= 0.6 is 15.9 Å². The van der Waals surface area contributed by atoms with E-state index in [1.807, 2.05) is 45.0 Å². The van der Waals surface area contributed by atoms with Gasteiger partial charge in [0, 0.05) is 17.3 Å².